The first kappa shape index (κ1) is 16.8. The van der Waals surface area contributed by atoms with Gasteiger partial charge in [-0.25, -0.2) is 14.2 Å². The third-order valence-corrected chi connectivity index (χ3v) is 2.27. The van der Waals surface area contributed by atoms with E-state index in [1.54, 1.807) is 27.7 Å². The van der Waals surface area contributed by atoms with Crippen molar-refractivity contribution < 1.29 is 13.9 Å². The molecule has 6 heteroatoms. The molecule has 0 fully saturated rings. The average molecular weight is 293 g/mol. The standard InChI is InChI=1S/C15H20FN3O2/c1-10(19-14(20)21-15(2,3)4)6-5-7-11-8-12(16)13(17)18-9-11/h8-10H,6H2,1-4H3,(H2,17,18)(H,19,20)/t10-/m0/s1. The van der Waals surface area contributed by atoms with Gasteiger partial charge >= 0.3 is 6.09 Å². The Hall–Kier alpha value is -2.29. The molecule has 21 heavy (non-hydrogen) atoms. The number of rotatable bonds is 2. The van der Waals surface area contributed by atoms with Gasteiger partial charge in [-0.1, -0.05) is 11.8 Å². The van der Waals surface area contributed by atoms with E-state index in [-0.39, 0.29) is 11.9 Å². The Labute approximate surface area is 124 Å². The number of anilines is 1. The SMILES string of the molecule is C[C@@H](CC#Cc1cnc(N)c(F)c1)NC(=O)OC(C)(C)C. The highest BCUT2D eigenvalue weighted by atomic mass is 19.1. The Morgan fingerprint density at radius 3 is 2.81 bits per heavy atom. The molecule has 5 nitrogen and oxygen atoms in total. The van der Waals surface area contributed by atoms with E-state index < -0.39 is 17.5 Å². The van der Waals surface area contributed by atoms with Crippen LogP contribution in [0.2, 0.25) is 0 Å². The highest BCUT2D eigenvalue weighted by molar-refractivity contribution is 5.68. The van der Waals surface area contributed by atoms with Crippen LogP contribution in [0.1, 0.15) is 39.7 Å². The first-order valence-corrected chi connectivity index (χ1v) is 6.57. The normalized spacial score (nSPS) is 12.0. The predicted molar refractivity (Wildman–Crippen MR) is 78.9 cm³/mol. The minimum atomic E-state index is -0.596. The molecule has 1 aromatic heterocycles. The predicted octanol–water partition coefficient (Wildman–Crippen LogP) is 2.46. The lowest BCUT2D eigenvalue weighted by Crippen LogP contribution is -2.37. The van der Waals surface area contributed by atoms with Gasteiger partial charge in [-0.05, 0) is 33.8 Å². The van der Waals surface area contributed by atoms with Crippen molar-refractivity contribution in [1.82, 2.24) is 10.3 Å². The van der Waals surface area contributed by atoms with Gasteiger partial charge in [-0.15, -0.1) is 0 Å². The second kappa shape index (κ2) is 6.93. The number of alkyl carbamates (subject to hydrolysis) is 1. The van der Waals surface area contributed by atoms with Gasteiger partial charge in [0, 0.05) is 24.2 Å². The number of carbonyl (C=O) groups is 1. The number of nitrogen functional groups attached to an aromatic ring is 1. The van der Waals surface area contributed by atoms with Gasteiger partial charge in [0.1, 0.15) is 5.60 Å². The first-order valence-electron chi connectivity index (χ1n) is 6.57. The lowest BCUT2D eigenvalue weighted by Gasteiger charge is -2.21. The van der Waals surface area contributed by atoms with Crippen LogP contribution in [0.3, 0.4) is 0 Å². The van der Waals surface area contributed by atoms with Crippen molar-refractivity contribution in [2.45, 2.75) is 45.8 Å². The third-order valence-electron chi connectivity index (χ3n) is 2.27. The topological polar surface area (TPSA) is 77.2 Å². The molecule has 0 aliphatic heterocycles. The summed E-state index contributed by atoms with van der Waals surface area (Å²) in [5.74, 6) is 4.87. The maximum atomic E-state index is 13.2. The van der Waals surface area contributed by atoms with E-state index in [4.69, 9.17) is 10.5 Å². The molecule has 0 aromatic carbocycles. The molecule has 1 rings (SSSR count). The Balaban J connectivity index is 2.50. The molecule has 3 N–H and O–H groups in total. The highest BCUT2D eigenvalue weighted by Crippen LogP contribution is 2.08. The van der Waals surface area contributed by atoms with Crippen molar-refractivity contribution in [1.29, 1.82) is 0 Å². The molecule has 0 unspecified atom stereocenters. The smallest absolute Gasteiger partial charge is 0.407 e. The number of pyridine rings is 1. The van der Waals surface area contributed by atoms with Crippen molar-refractivity contribution >= 4 is 11.9 Å². The maximum absolute atomic E-state index is 13.2. The molecule has 114 valence electrons. The van der Waals surface area contributed by atoms with Gasteiger partial charge in [0.05, 0.1) is 0 Å². The van der Waals surface area contributed by atoms with Gasteiger partial charge in [0.25, 0.3) is 0 Å². The second-order valence-electron chi connectivity index (χ2n) is 5.64. The van der Waals surface area contributed by atoms with Crippen LogP contribution in [-0.4, -0.2) is 22.7 Å². The van der Waals surface area contributed by atoms with Crippen LogP contribution in [0.5, 0.6) is 0 Å². The second-order valence-corrected chi connectivity index (χ2v) is 5.64. The van der Waals surface area contributed by atoms with E-state index >= 15 is 0 Å². The fourth-order valence-corrected chi connectivity index (χ4v) is 1.38. The summed E-state index contributed by atoms with van der Waals surface area (Å²) in [6.07, 6.45) is 1.32. The van der Waals surface area contributed by atoms with E-state index in [1.807, 2.05) is 0 Å². The molecule has 0 aliphatic carbocycles. The molecule has 0 saturated heterocycles. The van der Waals surface area contributed by atoms with E-state index in [2.05, 4.69) is 22.1 Å². The molecule has 1 atom stereocenters. The van der Waals surface area contributed by atoms with Gasteiger partial charge in [0.15, 0.2) is 11.6 Å². The number of nitrogens with two attached hydrogens (primary N) is 1. The summed E-state index contributed by atoms with van der Waals surface area (Å²) in [5.41, 5.74) is 5.17. The lowest BCUT2D eigenvalue weighted by molar-refractivity contribution is 0.0509. The number of hydrogen-bond donors (Lipinski definition) is 2. The molecule has 1 heterocycles. The third kappa shape index (κ3) is 6.61. The molecule has 0 saturated carbocycles. The Bertz CT molecular complexity index is 571. The van der Waals surface area contributed by atoms with Crippen molar-refractivity contribution in [3.05, 3.63) is 23.6 Å². The van der Waals surface area contributed by atoms with Gasteiger partial charge in [0.2, 0.25) is 0 Å². The summed E-state index contributed by atoms with van der Waals surface area (Å²) in [5, 5.41) is 2.67. The summed E-state index contributed by atoms with van der Waals surface area (Å²) in [6, 6.07) is 1.04. The molecule has 0 aliphatic rings. The van der Waals surface area contributed by atoms with Gasteiger partial charge in [-0.3, -0.25) is 0 Å². The summed E-state index contributed by atoms with van der Waals surface area (Å²) < 4.78 is 18.3. The number of nitrogens with one attached hydrogen (secondary N) is 1. The molecular weight excluding hydrogens is 273 g/mol. The summed E-state index contributed by atoms with van der Waals surface area (Å²) >= 11 is 0. The van der Waals surface area contributed by atoms with Gasteiger partial charge in [-0.2, -0.15) is 0 Å². The van der Waals surface area contributed by atoms with Crippen LogP contribution in [-0.2, 0) is 4.74 Å². The zero-order chi connectivity index (χ0) is 16.0. The van der Waals surface area contributed by atoms with Crippen LogP contribution in [0.15, 0.2) is 12.3 Å². The number of nitrogens with zero attached hydrogens (tertiary/aromatic N) is 1. The molecular formula is C15H20FN3O2. The van der Waals surface area contributed by atoms with E-state index in [1.165, 1.54) is 12.3 Å². The monoisotopic (exact) mass is 293 g/mol. The number of aromatic nitrogens is 1. The summed E-state index contributed by atoms with van der Waals surface area (Å²) in [6.45, 7) is 7.18. The average Bonchev–Trinajstić information content (AvgIpc) is 2.31. The van der Waals surface area contributed by atoms with Crippen molar-refractivity contribution in [3.8, 4) is 11.8 Å². The molecule has 0 spiro atoms. The Kier molecular flexibility index (Phi) is 5.53. The van der Waals surface area contributed by atoms with Crippen molar-refractivity contribution in [2.75, 3.05) is 5.73 Å². The first-order chi connectivity index (χ1) is 9.67. The quantitative estimate of drug-likeness (QED) is 0.821. The zero-order valence-electron chi connectivity index (χ0n) is 12.7. The number of carbonyl (C=O) groups excluding carboxylic acids is 1. The molecule has 1 amide bonds. The summed E-state index contributed by atoms with van der Waals surface area (Å²) in [7, 11) is 0. The number of hydrogen-bond acceptors (Lipinski definition) is 4. The lowest BCUT2D eigenvalue weighted by atomic mass is 10.2. The maximum Gasteiger partial charge on any atom is 0.407 e. The Morgan fingerprint density at radius 2 is 2.24 bits per heavy atom. The summed E-state index contributed by atoms with van der Waals surface area (Å²) in [4.78, 5) is 15.2. The number of halogens is 1. The van der Waals surface area contributed by atoms with E-state index in [9.17, 15) is 9.18 Å². The van der Waals surface area contributed by atoms with Crippen LogP contribution < -0.4 is 11.1 Å². The minimum Gasteiger partial charge on any atom is -0.444 e. The minimum absolute atomic E-state index is 0.152. The zero-order valence-corrected chi connectivity index (χ0v) is 12.7. The fraction of sp³-hybridized carbons (Fsp3) is 0.467. The van der Waals surface area contributed by atoms with E-state index in [0.29, 0.717) is 12.0 Å². The van der Waals surface area contributed by atoms with Crippen molar-refractivity contribution in [2.24, 2.45) is 0 Å². The van der Waals surface area contributed by atoms with Crippen molar-refractivity contribution in [3.63, 3.8) is 0 Å². The molecule has 0 radical (unpaired) electrons. The van der Waals surface area contributed by atoms with Crippen LogP contribution >= 0.6 is 0 Å². The fourth-order valence-electron chi connectivity index (χ4n) is 1.38. The number of ether oxygens (including phenoxy) is 1. The van der Waals surface area contributed by atoms with Crippen LogP contribution in [0, 0.1) is 17.7 Å². The van der Waals surface area contributed by atoms with Gasteiger partial charge < -0.3 is 15.8 Å². The largest absolute Gasteiger partial charge is 0.444 e. The molecule has 1 aromatic rings. The number of amides is 1. The van der Waals surface area contributed by atoms with Crippen LogP contribution in [0.4, 0.5) is 15.0 Å². The highest BCUT2D eigenvalue weighted by Gasteiger charge is 2.17. The van der Waals surface area contributed by atoms with Crippen LogP contribution in [0.25, 0.3) is 0 Å². The molecule has 0 bridgehead atoms. The van der Waals surface area contributed by atoms with E-state index in [0.717, 1.165) is 0 Å². The Morgan fingerprint density at radius 1 is 1.57 bits per heavy atom.